The summed E-state index contributed by atoms with van der Waals surface area (Å²) >= 11 is 1.83. The van der Waals surface area contributed by atoms with Gasteiger partial charge in [-0.15, -0.1) is 11.3 Å². The fourth-order valence-electron chi connectivity index (χ4n) is 1.54. The van der Waals surface area contributed by atoms with E-state index in [-0.39, 0.29) is 0 Å². The highest BCUT2D eigenvalue weighted by Gasteiger charge is 2.02. The molecule has 0 atom stereocenters. The Bertz CT molecular complexity index is 456. The molecule has 0 unspecified atom stereocenters. The molecule has 15 heavy (non-hydrogen) atoms. The van der Waals surface area contributed by atoms with Crippen molar-refractivity contribution in [3.63, 3.8) is 0 Å². The Morgan fingerprint density at radius 2 is 2.20 bits per heavy atom. The van der Waals surface area contributed by atoms with E-state index in [1.54, 1.807) is 0 Å². The van der Waals surface area contributed by atoms with E-state index in [2.05, 4.69) is 29.5 Å². The third kappa shape index (κ3) is 2.39. The quantitative estimate of drug-likeness (QED) is 0.863. The molecule has 0 saturated heterocycles. The molecule has 2 aromatic heterocycles. The zero-order valence-corrected chi connectivity index (χ0v) is 10.1. The van der Waals surface area contributed by atoms with Crippen molar-refractivity contribution in [2.45, 2.75) is 20.4 Å². The van der Waals surface area contributed by atoms with E-state index in [1.807, 2.05) is 36.2 Å². The van der Waals surface area contributed by atoms with Gasteiger partial charge in [0.2, 0.25) is 0 Å². The Morgan fingerprint density at radius 3 is 2.73 bits per heavy atom. The largest absolute Gasteiger partial charge is 0.377 e. The highest BCUT2D eigenvalue weighted by Crippen LogP contribution is 2.18. The summed E-state index contributed by atoms with van der Waals surface area (Å²) < 4.78 is 1.83. The van der Waals surface area contributed by atoms with Gasteiger partial charge >= 0.3 is 0 Å². The van der Waals surface area contributed by atoms with Gasteiger partial charge in [-0.2, -0.15) is 5.10 Å². The Morgan fingerprint density at radius 1 is 1.40 bits per heavy atom. The summed E-state index contributed by atoms with van der Waals surface area (Å²) in [5.74, 6) is 0. The van der Waals surface area contributed by atoms with Crippen LogP contribution in [0.3, 0.4) is 0 Å². The lowest BCUT2D eigenvalue weighted by Crippen LogP contribution is -1.97. The molecule has 2 rings (SSSR count). The zero-order valence-electron chi connectivity index (χ0n) is 9.24. The predicted octanol–water partition coefficient (Wildman–Crippen LogP) is 2.71. The average molecular weight is 221 g/mol. The van der Waals surface area contributed by atoms with E-state index in [1.165, 1.54) is 9.75 Å². The number of nitrogens with zero attached hydrogens (tertiary/aromatic N) is 2. The van der Waals surface area contributed by atoms with Crippen molar-refractivity contribution < 1.29 is 0 Å². The van der Waals surface area contributed by atoms with Crippen LogP contribution in [0.25, 0.3) is 0 Å². The molecule has 0 aromatic carbocycles. The minimum absolute atomic E-state index is 0.880. The number of hydrogen-bond acceptors (Lipinski definition) is 3. The van der Waals surface area contributed by atoms with Crippen molar-refractivity contribution in [3.8, 4) is 0 Å². The topological polar surface area (TPSA) is 29.9 Å². The lowest BCUT2D eigenvalue weighted by Gasteiger charge is -2.01. The van der Waals surface area contributed by atoms with Crippen molar-refractivity contribution in [2.75, 3.05) is 5.32 Å². The molecular formula is C11H15N3S. The van der Waals surface area contributed by atoms with Gasteiger partial charge in [0.25, 0.3) is 0 Å². The van der Waals surface area contributed by atoms with Gasteiger partial charge in [-0.05, 0) is 26.0 Å². The summed E-state index contributed by atoms with van der Waals surface area (Å²) in [6.45, 7) is 5.02. The van der Waals surface area contributed by atoms with Gasteiger partial charge in [0.05, 0.1) is 11.4 Å². The Balaban J connectivity index is 2.01. The fourth-order valence-corrected chi connectivity index (χ4v) is 2.37. The summed E-state index contributed by atoms with van der Waals surface area (Å²) in [6, 6.07) is 4.32. The molecule has 2 aromatic rings. The van der Waals surface area contributed by atoms with Gasteiger partial charge in [0.15, 0.2) is 0 Å². The average Bonchev–Trinajstić information content (AvgIpc) is 2.70. The van der Waals surface area contributed by atoms with E-state index in [0.29, 0.717) is 0 Å². The monoisotopic (exact) mass is 221 g/mol. The number of rotatable bonds is 3. The molecule has 0 spiro atoms. The molecule has 0 radical (unpaired) electrons. The maximum atomic E-state index is 4.29. The number of anilines is 1. The first-order valence-corrected chi connectivity index (χ1v) is 5.76. The van der Waals surface area contributed by atoms with Crippen molar-refractivity contribution in [1.29, 1.82) is 0 Å². The second-order valence-electron chi connectivity index (χ2n) is 3.67. The fraction of sp³-hybridized carbons (Fsp3) is 0.364. The second kappa shape index (κ2) is 4.06. The van der Waals surface area contributed by atoms with E-state index >= 15 is 0 Å². The van der Waals surface area contributed by atoms with Crippen molar-refractivity contribution in [2.24, 2.45) is 7.05 Å². The third-order valence-corrected chi connectivity index (χ3v) is 3.26. The minimum atomic E-state index is 0.880. The first-order valence-electron chi connectivity index (χ1n) is 4.94. The maximum Gasteiger partial charge on any atom is 0.0825 e. The summed E-state index contributed by atoms with van der Waals surface area (Å²) in [5.41, 5.74) is 2.16. The van der Waals surface area contributed by atoms with Gasteiger partial charge in [-0.25, -0.2) is 0 Å². The van der Waals surface area contributed by atoms with E-state index in [0.717, 1.165) is 17.9 Å². The molecule has 4 heteroatoms. The minimum Gasteiger partial charge on any atom is -0.377 e. The molecule has 0 aliphatic carbocycles. The molecule has 0 amide bonds. The zero-order chi connectivity index (χ0) is 10.8. The molecule has 80 valence electrons. The van der Waals surface area contributed by atoms with Gasteiger partial charge < -0.3 is 5.32 Å². The standard InChI is InChI=1S/C11H15N3S/c1-8-4-5-10(15-8)6-12-11-7-14(3)13-9(11)2/h4-5,7,12H,6H2,1-3H3. The van der Waals surface area contributed by atoms with Crippen LogP contribution in [0.2, 0.25) is 0 Å². The summed E-state index contributed by atoms with van der Waals surface area (Å²) in [4.78, 5) is 2.71. The lowest BCUT2D eigenvalue weighted by atomic mass is 10.4. The van der Waals surface area contributed by atoms with E-state index in [9.17, 15) is 0 Å². The van der Waals surface area contributed by atoms with Crippen LogP contribution >= 0.6 is 11.3 Å². The summed E-state index contributed by atoms with van der Waals surface area (Å²) in [7, 11) is 1.94. The first kappa shape index (κ1) is 10.2. The van der Waals surface area contributed by atoms with Crippen LogP contribution in [0.15, 0.2) is 18.3 Å². The third-order valence-electron chi connectivity index (χ3n) is 2.26. The van der Waals surface area contributed by atoms with Gasteiger partial charge in [-0.3, -0.25) is 4.68 Å². The normalized spacial score (nSPS) is 10.6. The van der Waals surface area contributed by atoms with Crippen LogP contribution in [0, 0.1) is 13.8 Å². The number of nitrogens with one attached hydrogen (secondary N) is 1. The van der Waals surface area contributed by atoms with Crippen LogP contribution in [-0.2, 0) is 13.6 Å². The van der Waals surface area contributed by atoms with Crippen LogP contribution in [0.1, 0.15) is 15.4 Å². The van der Waals surface area contributed by atoms with Gasteiger partial charge in [0.1, 0.15) is 0 Å². The lowest BCUT2D eigenvalue weighted by molar-refractivity contribution is 0.756. The highest BCUT2D eigenvalue weighted by molar-refractivity contribution is 7.11. The number of aryl methyl sites for hydroxylation is 3. The number of hydrogen-bond donors (Lipinski definition) is 1. The molecule has 0 bridgehead atoms. The SMILES string of the molecule is Cc1ccc(CNc2cn(C)nc2C)s1. The number of aromatic nitrogens is 2. The molecular weight excluding hydrogens is 206 g/mol. The smallest absolute Gasteiger partial charge is 0.0825 e. The van der Waals surface area contributed by atoms with Crippen LogP contribution in [-0.4, -0.2) is 9.78 Å². The summed E-state index contributed by atoms with van der Waals surface area (Å²) in [6.07, 6.45) is 2.01. The molecule has 3 nitrogen and oxygen atoms in total. The van der Waals surface area contributed by atoms with Crippen LogP contribution < -0.4 is 5.32 Å². The van der Waals surface area contributed by atoms with Gasteiger partial charge in [0, 0.05) is 29.5 Å². The first-order chi connectivity index (χ1) is 7.15. The van der Waals surface area contributed by atoms with Crippen LogP contribution in [0.4, 0.5) is 5.69 Å². The van der Waals surface area contributed by atoms with Crippen LogP contribution in [0.5, 0.6) is 0 Å². The molecule has 2 heterocycles. The van der Waals surface area contributed by atoms with Crippen molar-refractivity contribution >= 4 is 17.0 Å². The maximum absolute atomic E-state index is 4.29. The molecule has 0 aliphatic heterocycles. The molecule has 0 saturated carbocycles. The van der Waals surface area contributed by atoms with E-state index < -0.39 is 0 Å². The number of thiophene rings is 1. The molecule has 0 fully saturated rings. The molecule has 1 N–H and O–H groups in total. The van der Waals surface area contributed by atoms with Crippen molar-refractivity contribution in [3.05, 3.63) is 33.8 Å². The molecule has 0 aliphatic rings. The Hall–Kier alpha value is -1.29. The van der Waals surface area contributed by atoms with Gasteiger partial charge in [-0.1, -0.05) is 0 Å². The van der Waals surface area contributed by atoms with E-state index in [4.69, 9.17) is 0 Å². The Kier molecular flexibility index (Phi) is 2.77. The predicted molar refractivity (Wildman–Crippen MR) is 64.3 cm³/mol. The second-order valence-corrected chi connectivity index (χ2v) is 5.04. The Labute approximate surface area is 93.7 Å². The van der Waals surface area contributed by atoms with Crippen molar-refractivity contribution in [1.82, 2.24) is 9.78 Å². The highest BCUT2D eigenvalue weighted by atomic mass is 32.1. The summed E-state index contributed by atoms with van der Waals surface area (Å²) in [5, 5.41) is 7.68.